The molecule has 1 aliphatic carbocycles. The zero-order valence-electron chi connectivity index (χ0n) is 14.8. The molecule has 0 amide bonds. The molecule has 0 spiro atoms. The zero-order valence-corrected chi connectivity index (χ0v) is 14.8. The Hall–Kier alpha value is -0.120. The summed E-state index contributed by atoms with van der Waals surface area (Å²) in [6.45, 7) is 10.9. The second-order valence-corrected chi connectivity index (χ2v) is 7.99. The maximum atomic E-state index is 3.67. The summed E-state index contributed by atoms with van der Waals surface area (Å²) in [7, 11) is 4.43. The van der Waals surface area contributed by atoms with Crippen molar-refractivity contribution in [3.8, 4) is 0 Å². The third kappa shape index (κ3) is 4.94. The van der Waals surface area contributed by atoms with Crippen LogP contribution in [-0.2, 0) is 0 Å². The molecule has 0 aromatic carbocycles. The average Bonchev–Trinajstić information content (AvgIpc) is 2.86. The summed E-state index contributed by atoms with van der Waals surface area (Å²) in [5, 5.41) is 3.67. The molecular formula is C18H37N3. The van der Waals surface area contributed by atoms with Crippen LogP contribution in [0.5, 0.6) is 0 Å². The minimum atomic E-state index is 0.539. The maximum absolute atomic E-state index is 3.67. The van der Waals surface area contributed by atoms with Crippen molar-refractivity contribution in [2.24, 2.45) is 11.3 Å². The van der Waals surface area contributed by atoms with Crippen LogP contribution < -0.4 is 5.32 Å². The highest BCUT2D eigenvalue weighted by Crippen LogP contribution is 2.40. The van der Waals surface area contributed by atoms with Crippen LogP contribution in [0.25, 0.3) is 0 Å². The lowest BCUT2D eigenvalue weighted by Gasteiger charge is -2.44. The van der Waals surface area contributed by atoms with Gasteiger partial charge in [0.15, 0.2) is 0 Å². The van der Waals surface area contributed by atoms with Gasteiger partial charge in [-0.15, -0.1) is 0 Å². The van der Waals surface area contributed by atoms with Crippen LogP contribution in [0.3, 0.4) is 0 Å². The molecule has 2 fully saturated rings. The van der Waals surface area contributed by atoms with Gasteiger partial charge in [0.1, 0.15) is 0 Å². The average molecular weight is 296 g/mol. The molecule has 124 valence electrons. The fourth-order valence-electron chi connectivity index (χ4n) is 4.32. The predicted molar refractivity (Wildman–Crippen MR) is 91.8 cm³/mol. The van der Waals surface area contributed by atoms with Gasteiger partial charge >= 0.3 is 0 Å². The number of rotatable bonds is 7. The molecule has 1 heterocycles. The molecule has 1 unspecified atom stereocenters. The lowest BCUT2D eigenvalue weighted by atomic mass is 9.70. The standard InChI is InChI=1S/C18H37N3/c1-5-19-14-18(10-8-16(2)9-11-18)15-21-12-6-7-17(21)13-20(3)4/h16-17,19H,5-15H2,1-4H3. The second-order valence-electron chi connectivity index (χ2n) is 7.99. The van der Waals surface area contributed by atoms with Gasteiger partial charge in [0, 0.05) is 25.7 Å². The van der Waals surface area contributed by atoms with Crippen LogP contribution in [0, 0.1) is 11.3 Å². The van der Waals surface area contributed by atoms with Crippen LogP contribution in [0.4, 0.5) is 0 Å². The highest BCUT2D eigenvalue weighted by molar-refractivity contribution is 4.93. The van der Waals surface area contributed by atoms with Crippen molar-refractivity contribution in [1.82, 2.24) is 15.1 Å². The summed E-state index contributed by atoms with van der Waals surface area (Å²) in [4.78, 5) is 5.18. The Kier molecular flexibility index (Phi) is 6.51. The Bertz CT molecular complexity index is 289. The lowest BCUT2D eigenvalue weighted by Crippen LogP contribution is -2.49. The first-order chi connectivity index (χ1) is 10.0. The van der Waals surface area contributed by atoms with Gasteiger partial charge < -0.3 is 10.2 Å². The van der Waals surface area contributed by atoms with E-state index in [1.807, 2.05) is 0 Å². The van der Waals surface area contributed by atoms with Crippen LogP contribution in [-0.4, -0.2) is 62.7 Å². The normalized spacial score (nSPS) is 34.7. The molecule has 1 aliphatic heterocycles. The van der Waals surface area contributed by atoms with Gasteiger partial charge in [-0.1, -0.05) is 26.7 Å². The van der Waals surface area contributed by atoms with E-state index >= 15 is 0 Å². The van der Waals surface area contributed by atoms with E-state index < -0.39 is 0 Å². The van der Waals surface area contributed by atoms with Crippen LogP contribution in [0.15, 0.2) is 0 Å². The van der Waals surface area contributed by atoms with Crippen LogP contribution in [0.2, 0.25) is 0 Å². The third-order valence-corrected chi connectivity index (χ3v) is 5.70. The number of hydrogen-bond acceptors (Lipinski definition) is 3. The molecule has 2 aliphatic rings. The van der Waals surface area contributed by atoms with Crippen molar-refractivity contribution in [3.05, 3.63) is 0 Å². The van der Waals surface area contributed by atoms with Gasteiger partial charge in [0.2, 0.25) is 0 Å². The Balaban J connectivity index is 1.97. The fourth-order valence-corrected chi connectivity index (χ4v) is 4.32. The first-order valence-corrected chi connectivity index (χ1v) is 9.14. The summed E-state index contributed by atoms with van der Waals surface area (Å²) in [6, 6.07) is 0.790. The van der Waals surface area contributed by atoms with E-state index in [1.165, 1.54) is 64.7 Å². The van der Waals surface area contributed by atoms with E-state index in [1.54, 1.807) is 0 Å². The maximum Gasteiger partial charge on any atom is 0.0223 e. The van der Waals surface area contributed by atoms with Crippen LogP contribution >= 0.6 is 0 Å². The minimum absolute atomic E-state index is 0.539. The van der Waals surface area contributed by atoms with Gasteiger partial charge in [-0.2, -0.15) is 0 Å². The van der Waals surface area contributed by atoms with Crippen molar-refractivity contribution in [2.75, 3.05) is 46.8 Å². The molecule has 0 bridgehead atoms. The molecule has 0 radical (unpaired) electrons. The molecule has 0 aromatic rings. The first-order valence-electron chi connectivity index (χ1n) is 9.14. The molecule has 0 aromatic heterocycles. The van der Waals surface area contributed by atoms with E-state index in [-0.39, 0.29) is 0 Å². The summed E-state index contributed by atoms with van der Waals surface area (Å²) in [6.07, 6.45) is 8.49. The van der Waals surface area contributed by atoms with Crippen molar-refractivity contribution >= 4 is 0 Å². The van der Waals surface area contributed by atoms with E-state index in [0.29, 0.717) is 5.41 Å². The highest BCUT2D eigenvalue weighted by atomic mass is 15.2. The molecule has 3 heteroatoms. The minimum Gasteiger partial charge on any atom is -0.316 e. The van der Waals surface area contributed by atoms with Gasteiger partial charge in [0.05, 0.1) is 0 Å². The van der Waals surface area contributed by atoms with E-state index in [4.69, 9.17) is 0 Å². The number of hydrogen-bond donors (Lipinski definition) is 1. The Morgan fingerprint density at radius 2 is 1.90 bits per heavy atom. The summed E-state index contributed by atoms with van der Waals surface area (Å²) in [5.74, 6) is 0.941. The molecule has 21 heavy (non-hydrogen) atoms. The molecule has 2 rings (SSSR count). The smallest absolute Gasteiger partial charge is 0.0223 e. The Morgan fingerprint density at radius 1 is 1.19 bits per heavy atom. The van der Waals surface area contributed by atoms with Gasteiger partial charge in [-0.25, -0.2) is 0 Å². The van der Waals surface area contributed by atoms with E-state index in [2.05, 4.69) is 43.1 Å². The van der Waals surface area contributed by atoms with Gasteiger partial charge in [-0.3, -0.25) is 4.90 Å². The molecule has 1 saturated carbocycles. The topological polar surface area (TPSA) is 18.5 Å². The number of likely N-dealkylation sites (N-methyl/N-ethyl adjacent to an activating group) is 1. The first kappa shape index (κ1) is 17.2. The molecule has 1 saturated heterocycles. The third-order valence-electron chi connectivity index (χ3n) is 5.70. The lowest BCUT2D eigenvalue weighted by molar-refractivity contribution is 0.0740. The second kappa shape index (κ2) is 7.94. The molecule has 1 atom stereocenters. The molecular weight excluding hydrogens is 258 g/mol. The highest BCUT2D eigenvalue weighted by Gasteiger charge is 2.38. The van der Waals surface area contributed by atoms with E-state index in [9.17, 15) is 0 Å². The number of nitrogens with zero attached hydrogens (tertiary/aromatic N) is 2. The van der Waals surface area contributed by atoms with Crippen molar-refractivity contribution in [2.45, 2.75) is 58.4 Å². The van der Waals surface area contributed by atoms with Gasteiger partial charge in [0.25, 0.3) is 0 Å². The van der Waals surface area contributed by atoms with Crippen molar-refractivity contribution < 1.29 is 0 Å². The summed E-state index contributed by atoms with van der Waals surface area (Å²) >= 11 is 0. The Labute approximate surface area is 132 Å². The van der Waals surface area contributed by atoms with Crippen molar-refractivity contribution in [1.29, 1.82) is 0 Å². The fraction of sp³-hybridized carbons (Fsp3) is 1.00. The molecule has 3 nitrogen and oxygen atoms in total. The number of nitrogens with one attached hydrogen (secondary N) is 1. The zero-order chi connectivity index (χ0) is 15.3. The summed E-state index contributed by atoms with van der Waals surface area (Å²) < 4.78 is 0. The van der Waals surface area contributed by atoms with Gasteiger partial charge in [-0.05, 0) is 64.2 Å². The quantitative estimate of drug-likeness (QED) is 0.779. The summed E-state index contributed by atoms with van der Waals surface area (Å²) in [5.41, 5.74) is 0.539. The monoisotopic (exact) mass is 295 g/mol. The Morgan fingerprint density at radius 3 is 2.52 bits per heavy atom. The largest absolute Gasteiger partial charge is 0.316 e. The molecule has 1 N–H and O–H groups in total. The number of likely N-dealkylation sites (tertiary alicyclic amines) is 1. The van der Waals surface area contributed by atoms with Crippen molar-refractivity contribution in [3.63, 3.8) is 0 Å². The van der Waals surface area contributed by atoms with Crippen LogP contribution in [0.1, 0.15) is 52.4 Å². The SMILES string of the molecule is CCNCC1(CN2CCCC2CN(C)C)CCC(C)CC1. The predicted octanol–water partition coefficient (Wildman–Crippen LogP) is 2.82. The van der Waals surface area contributed by atoms with E-state index in [0.717, 1.165) is 18.5 Å².